The maximum Gasteiger partial charge on any atom is 0.407 e. The Morgan fingerprint density at radius 1 is 1.06 bits per heavy atom. The minimum atomic E-state index is -0.982. The smallest absolute Gasteiger partial charge is 0.407 e. The normalized spacial score (nSPS) is 21.5. The second-order valence-electron chi connectivity index (χ2n) is 9.30. The van der Waals surface area contributed by atoms with Crippen LogP contribution < -0.4 is 5.32 Å². The van der Waals surface area contributed by atoms with Gasteiger partial charge in [-0.1, -0.05) is 48.5 Å². The van der Waals surface area contributed by atoms with Crippen molar-refractivity contribution in [1.29, 1.82) is 0 Å². The van der Waals surface area contributed by atoms with E-state index in [-0.39, 0.29) is 36.3 Å². The van der Waals surface area contributed by atoms with E-state index in [1.54, 1.807) is 6.92 Å². The average Bonchev–Trinajstić information content (AvgIpc) is 3.74. The van der Waals surface area contributed by atoms with Crippen LogP contribution >= 0.6 is 0 Å². The van der Waals surface area contributed by atoms with Crippen LogP contribution in [0.1, 0.15) is 43.2 Å². The van der Waals surface area contributed by atoms with E-state index < -0.39 is 18.1 Å². The molecule has 0 spiro atoms. The average molecular weight is 449 g/mol. The van der Waals surface area contributed by atoms with E-state index in [1.807, 2.05) is 24.3 Å². The summed E-state index contributed by atoms with van der Waals surface area (Å²) in [5.74, 6) is -1.28. The lowest BCUT2D eigenvalue weighted by atomic mass is 9.98. The van der Waals surface area contributed by atoms with Crippen molar-refractivity contribution in [2.24, 2.45) is 11.8 Å². The van der Waals surface area contributed by atoms with Crippen LogP contribution in [0.25, 0.3) is 11.1 Å². The van der Waals surface area contributed by atoms with Gasteiger partial charge in [0.15, 0.2) is 0 Å². The summed E-state index contributed by atoms with van der Waals surface area (Å²) in [7, 11) is 0. The molecule has 3 aliphatic carbocycles. The van der Waals surface area contributed by atoms with Gasteiger partial charge in [0.05, 0.1) is 0 Å². The number of nitrogens with zero attached hydrogens (tertiary/aromatic N) is 1. The molecule has 2 aromatic rings. The van der Waals surface area contributed by atoms with Gasteiger partial charge in [-0.2, -0.15) is 0 Å². The number of carboxylic acids is 1. The number of benzene rings is 2. The fourth-order valence-electron chi connectivity index (χ4n) is 4.99. The number of carboxylic acid groups (broad SMARTS) is 1. The number of alkyl carbamates (subject to hydrolysis) is 1. The largest absolute Gasteiger partial charge is 0.480 e. The third kappa shape index (κ3) is 4.19. The number of hydrogen-bond acceptors (Lipinski definition) is 4. The lowest BCUT2D eigenvalue weighted by Gasteiger charge is -2.26. The van der Waals surface area contributed by atoms with Crippen molar-refractivity contribution in [1.82, 2.24) is 10.2 Å². The fourth-order valence-corrected chi connectivity index (χ4v) is 4.99. The van der Waals surface area contributed by atoms with Crippen molar-refractivity contribution >= 4 is 18.0 Å². The first-order chi connectivity index (χ1) is 16.0. The monoisotopic (exact) mass is 448 g/mol. The molecule has 0 heterocycles. The van der Waals surface area contributed by atoms with E-state index >= 15 is 0 Å². The highest BCUT2D eigenvalue weighted by Crippen LogP contribution is 2.45. The Balaban J connectivity index is 1.13. The molecule has 7 heteroatoms. The summed E-state index contributed by atoms with van der Waals surface area (Å²) in [4.78, 5) is 38.1. The van der Waals surface area contributed by atoms with Gasteiger partial charge in [-0.05, 0) is 54.4 Å². The first kappa shape index (κ1) is 21.5. The summed E-state index contributed by atoms with van der Waals surface area (Å²) in [6, 6.07) is 15.6. The van der Waals surface area contributed by atoms with Crippen molar-refractivity contribution in [3.8, 4) is 11.1 Å². The molecule has 3 aliphatic rings. The Bertz CT molecular complexity index is 1050. The van der Waals surface area contributed by atoms with Crippen LogP contribution in [-0.2, 0) is 14.3 Å². The van der Waals surface area contributed by atoms with Crippen LogP contribution in [0.15, 0.2) is 48.5 Å². The lowest BCUT2D eigenvalue weighted by molar-refractivity contribution is -0.150. The fraction of sp³-hybridized carbons (Fsp3) is 0.423. The van der Waals surface area contributed by atoms with Crippen LogP contribution in [-0.4, -0.2) is 53.2 Å². The zero-order chi connectivity index (χ0) is 23.1. The lowest BCUT2D eigenvalue weighted by Crippen LogP contribution is -2.46. The van der Waals surface area contributed by atoms with E-state index in [2.05, 4.69) is 29.6 Å². The quantitative estimate of drug-likeness (QED) is 0.643. The molecule has 0 aliphatic heterocycles. The Morgan fingerprint density at radius 3 is 2.24 bits per heavy atom. The first-order valence-corrected chi connectivity index (χ1v) is 11.6. The van der Waals surface area contributed by atoms with Crippen molar-refractivity contribution in [3.05, 3.63) is 59.7 Å². The number of rotatable bonds is 8. The van der Waals surface area contributed by atoms with Gasteiger partial charge < -0.3 is 20.1 Å². The molecule has 0 aromatic heterocycles. The standard InChI is InChI=1S/C26H28N2O5/c1-15(25(30)31)28(17-10-11-17)24(29)22-12-16(22)13-27-26(32)33-14-23-20-8-4-2-6-18(20)19-7-3-5-9-21(19)23/h2-9,15-17,22-23H,10-14H2,1H3,(H,27,32)(H,30,31)/t15?,16-,22-/m1/s1. The highest BCUT2D eigenvalue weighted by Gasteiger charge is 2.49. The zero-order valence-corrected chi connectivity index (χ0v) is 18.6. The number of aliphatic carboxylic acids is 1. The molecule has 3 atom stereocenters. The Morgan fingerprint density at radius 2 is 1.67 bits per heavy atom. The van der Waals surface area contributed by atoms with E-state index in [4.69, 9.17) is 4.74 Å². The minimum absolute atomic E-state index is 0.00278. The van der Waals surface area contributed by atoms with Gasteiger partial charge in [-0.15, -0.1) is 0 Å². The number of hydrogen-bond donors (Lipinski definition) is 2. The number of nitrogens with one attached hydrogen (secondary N) is 1. The Labute approximate surface area is 192 Å². The molecule has 0 radical (unpaired) electrons. The van der Waals surface area contributed by atoms with Crippen LogP contribution in [0.4, 0.5) is 4.79 Å². The number of amides is 2. The Kier molecular flexibility index (Phi) is 5.56. The van der Waals surface area contributed by atoms with Gasteiger partial charge in [-0.25, -0.2) is 9.59 Å². The third-order valence-corrected chi connectivity index (χ3v) is 7.06. The van der Waals surface area contributed by atoms with E-state index in [1.165, 1.54) is 16.0 Å². The number of carbonyl (C=O) groups is 3. The topological polar surface area (TPSA) is 95.9 Å². The molecule has 5 rings (SSSR count). The predicted molar refractivity (Wildman–Crippen MR) is 122 cm³/mol. The highest BCUT2D eigenvalue weighted by atomic mass is 16.5. The third-order valence-electron chi connectivity index (χ3n) is 7.06. The van der Waals surface area contributed by atoms with E-state index in [9.17, 15) is 19.5 Å². The van der Waals surface area contributed by atoms with Gasteiger partial charge in [-0.3, -0.25) is 4.79 Å². The van der Waals surface area contributed by atoms with Crippen molar-refractivity contribution in [2.45, 2.75) is 44.2 Å². The molecule has 172 valence electrons. The number of fused-ring (bicyclic) bond motifs is 3. The van der Waals surface area contributed by atoms with Gasteiger partial charge in [0, 0.05) is 24.4 Å². The molecule has 2 aromatic carbocycles. The second kappa shape index (κ2) is 8.54. The molecule has 2 N–H and O–H groups in total. The van der Waals surface area contributed by atoms with Crippen LogP contribution in [0, 0.1) is 11.8 Å². The maximum absolute atomic E-state index is 12.8. The summed E-state index contributed by atoms with van der Waals surface area (Å²) in [6.45, 7) is 2.16. The van der Waals surface area contributed by atoms with Crippen LogP contribution in [0.5, 0.6) is 0 Å². The number of carbonyl (C=O) groups excluding carboxylic acids is 2. The minimum Gasteiger partial charge on any atom is -0.480 e. The van der Waals surface area contributed by atoms with Crippen LogP contribution in [0.3, 0.4) is 0 Å². The first-order valence-electron chi connectivity index (χ1n) is 11.6. The van der Waals surface area contributed by atoms with Crippen molar-refractivity contribution in [2.75, 3.05) is 13.2 Å². The van der Waals surface area contributed by atoms with Gasteiger partial charge >= 0.3 is 12.1 Å². The molecular weight excluding hydrogens is 420 g/mol. The van der Waals surface area contributed by atoms with Gasteiger partial charge in [0.25, 0.3) is 0 Å². The summed E-state index contributed by atoms with van der Waals surface area (Å²) >= 11 is 0. The summed E-state index contributed by atoms with van der Waals surface area (Å²) in [5.41, 5.74) is 4.67. The summed E-state index contributed by atoms with van der Waals surface area (Å²) in [6.07, 6.45) is 1.89. The van der Waals surface area contributed by atoms with Gasteiger partial charge in [0.1, 0.15) is 12.6 Å². The molecule has 0 saturated heterocycles. The van der Waals surface area contributed by atoms with Crippen LogP contribution in [0.2, 0.25) is 0 Å². The molecule has 7 nitrogen and oxygen atoms in total. The molecule has 1 unspecified atom stereocenters. The van der Waals surface area contributed by atoms with Crippen molar-refractivity contribution < 1.29 is 24.2 Å². The summed E-state index contributed by atoms with van der Waals surface area (Å²) < 4.78 is 5.56. The number of ether oxygens (including phenoxy) is 1. The molecule has 2 saturated carbocycles. The maximum atomic E-state index is 12.8. The van der Waals surface area contributed by atoms with Crippen molar-refractivity contribution in [3.63, 3.8) is 0 Å². The summed E-state index contributed by atoms with van der Waals surface area (Å²) in [5, 5.41) is 12.1. The second-order valence-corrected chi connectivity index (χ2v) is 9.30. The zero-order valence-electron chi connectivity index (χ0n) is 18.6. The van der Waals surface area contributed by atoms with Gasteiger partial charge in [0.2, 0.25) is 5.91 Å². The molecule has 0 bridgehead atoms. The highest BCUT2D eigenvalue weighted by molar-refractivity contribution is 5.87. The molecule has 2 amide bonds. The predicted octanol–water partition coefficient (Wildman–Crippen LogP) is 3.63. The molecular formula is C26H28N2O5. The molecule has 2 fully saturated rings. The SMILES string of the molecule is CC(C(=O)O)N(C(=O)[C@@H]1C[C@@H]1CNC(=O)OCC1c2ccccc2-c2ccccc21)C1CC1. The van der Waals surface area contributed by atoms with E-state index in [0.717, 1.165) is 24.0 Å². The Hall–Kier alpha value is -3.35. The molecule has 33 heavy (non-hydrogen) atoms. The van der Waals surface area contributed by atoms with E-state index in [0.29, 0.717) is 13.0 Å².